The summed E-state index contributed by atoms with van der Waals surface area (Å²) in [5.74, 6) is -0.0416. The van der Waals surface area contributed by atoms with Crippen molar-refractivity contribution in [2.45, 2.75) is 32.6 Å². The summed E-state index contributed by atoms with van der Waals surface area (Å²) in [5, 5.41) is 2.76. The third-order valence-electron chi connectivity index (χ3n) is 3.34. The molecule has 1 aliphatic rings. The molecule has 1 aromatic rings. The number of para-hydroxylation sites is 2. The molecule has 0 atom stereocenters. The van der Waals surface area contributed by atoms with E-state index in [9.17, 15) is 14.4 Å². The van der Waals surface area contributed by atoms with Crippen LogP contribution in [0.5, 0.6) is 5.75 Å². The standard InChI is InChI=1S/C16H20N2O4/c1-2-11-22-13-6-4-3-5-12(13)17-14(19)9-10-18-15(20)7-8-16(18)21/h3-6H,2,7-11H2,1H3,(H,17,19). The van der Waals surface area contributed by atoms with Gasteiger partial charge in [-0.15, -0.1) is 0 Å². The molecule has 6 nitrogen and oxygen atoms in total. The summed E-state index contributed by atoms with van der Waals surface area (Å²) in [6, 6.07) is 7.19. The molecular weight excluding hydrogens is 284 g/mol. The minimum atomic E-state index is -0.250. The van der Waals surface area contributed by atoms with Gasteiger partial charge in [0.1, 0.15) is 5.75 Å². The van der Waals surface area contributed by atoms with Crippen molar-refractivity contribution in [3.05, 3.63) is 24.3 Å². The van der Waals surface area contributed by atoms with E-state index in [0.29, 0.717) is 18.0 Å². The smallest absolute Gasteiger partial charge is 0.229 e. The highest BCUT2D eigenvalue weighted by molar-refractivity contribution is 6.02. The summed E-state index contributed by atoms with van der Waals surface area (Å²) in [6.45, 7) is 2.70. The summed E-state index contributed by atoms with van der Waals surface area (Å²) in [5.41, 5.74) is 0.597. The zero-order valence-electron chi connectivity index (χ0n) is 12.6. The Morgan fingerprint density at radius 1 is 1.23 bits per heavy atom. The van der Waals surface area contributed by atoms with Crippen LogP contribution in [0.25, 0.3) is 0 Å². The lowest BCUT2D eigenvalue weighted by molar-refractivity contribution is -0.138. The van der Waals surface area contributed by atoms with Crippen LogP contribution in [0.3, 0.4) is 0 Å². The molecule has 1 saturated heterocycles. The normalized spacial score (nSPS) is 14.3. The maximum atomic E-state index is 12.0. The molecule has 22 heavy (non-hydrogen) atoms. The number of nitrogens with one attached hydrogen (secondary N) is 1. The average Bonchev–Trinajstić information content (AvgIpc) is 2.83. The summed E-state index contributed by atoms with van der Waals surface area (Å²) in [4.78, 5) is 36.1. The minimum Gasteiger partial charge on any atom is -0.491 e. The summed E-state index contributed by atoms with van der Waals surface area (Å²) >= 11 is 0. The molecule has 1 N–H and O–H groups in total. The maximum Gasteiger partial charge on any atom is 0.229 e. The molecule has 0 aromatic heterocycles. The lowest BCUT2D eigenvalue weighted by atomic mass is 10.2. The molecular formula is C16H20N2O4. The monoisotopic (exact) mass is 304 g/mol. The van der Waals surface area contributed by atoms with Crippen LogP contribution in [0, 0.1) is 0 Å². The van der Waals surface area contributed by atoms with Crippen molar-refractivity contribution < 1.29 is 19.1 Å². The molecule has 118 valence electrons. The number of nitrogens with zero attached hydrogens (tertiary/aromatic N) is 1. The number of amides is 3. The van der Waals surface area contributed by atoms with Crippen LogP contribution in [0.2, 0.25) is 0 Å². The average molecular weight is 304 g/mol. The van der Waals surface area contributed by atoms with Crippen molar-refractivity contribution in [3.8, 4) is 5.75 Å². The first-order valence-corrected chi connectivity index (χ1v) is 7.46. The third-order valence-corrected chi connectivity index (χ3v) is 3.34. The number of carbonyl (C=O) groups is 3. The van der Waals surface area contributed by atoms with Gasteiger partial charge in [0.05, 0.1) is 12.3 Å². The van der Waals surface area contributed by atoms with E-state index in [-0.39, 0.29) is 43.5 Å². The maximum absolute atomic E-state index is 12.0. The highest BCUT2D eigenvalue weighted by Crippen LogP contribution is 2.24. The zero-order chi connectivity index (χ0) is 15.9. The molecule has 0 radical (unpaired) electrons. The van der Waals surface area contributed by atoms with Crippen molar-refractivity contribution in [2.24, 2.45) is 0 Å². The van der Waals surface area contributed by atoms with Crippen LogP contribution < -0.4 is 10.1 Å². The fraction of sp³-hybridized carbons (Fsp3) is 0.438. The Kier molecular flexibility index (Phi) is 5.52. The molecule has 1 fully saturated rings. The number of rotatable bonds is 7. The van der Waals surface area contributed by atoms with Crippen LogP contribution in [0.4, 0.5) is 5.69 Å². The predicted molar refractivity (Wildman–Crippen MR) is 81.4 cm³/mol. The van der Waals surface area contributed by atoms with E-state index in [1.165, 1.54) is 0 Å². The number of ether oxygens (including phenoxy) is 1. The highest BCUT2D eigenvalue weighted by atomic mass is 16.5. The van der Waals surface area contributed by atoms with E-state index in [4.69, 9.17) is 4.74 Å². The summed E-state index contributed by atoms with van der Waals surface area (Å²) in [6.07, 6.45) is 1.45. The first-order chi connectivity index (χ1) is 10.6. The van der Waals surface area contributed by atoms with E-state index >= 15 is 0 Å². The highest BCUT2D eigenvalue weighted by Gasteiger charge is 2.28. The number of hydrogen-bond acceptors (Lipinski definition) is 4. The van der Waals surface area contributed by atoms with Crippen LogP contribution in [0.15, 0.2) is 24.3 Å². The molecule has 1 heterocycles. The van der Waals surface area contributed by atoms with Crippen molar-refractivity contribution in [3.63, 3.8) is 0 Å². The molecule has 3 amide bonds. The van der Waals surface area contributed by atoms with Crippen LogP contribution in [0.1, 0.15) is 32.6 Å². The van der Waals surface area contributed by atoms with Gasteiger partial charge in [-0.05, 0) is 18.6 Å². The summed E-state index contributed by atoms with van der Waals surface area (Å²) < 4.78 is 5.57. The number of carbonyl (C=O) groups excluding carboxylic acids is 3. The van der Waals surface area contributed by atoms with Gasteiger partial charge in [0.15, 0.2) is 0 Å². The van der Waals surface area contributed by atoms with Gasteiger partial charge >= 0.3 is 0 Å². The van der Waals surface area contributed by atoms with Crippen molar-refractivity contribution in [2.75, 3.05) is 18.5 Å². The van der Waals surface area contributed by atoms with Gasteiger partial charge in [0.2, 0.25) is 17.7 Å². The fourth-order valence-electron chi connectivity index (χ4n) is 2.21. The van der Waals surface area contributed by atoms with E-state index in [1.807, 2.05) is 19.1 Å². The van der Waals surface area contributed by atoms with Gasteiger partial charge in [0.25, 0.3) is 0 Å². The molecule has 2 rings (SSSR count). The quantitative estimate of drug-likeness (QED) is 0.781. The second-order valence-corrected chi connectivity index (χ2v) is 5.08. The Morgan fingerprint density at radius 2 is 1.91 bits per heavy atom. The Morgan fingerprint density at radius 3 is 2.59 bits per heavy atom. The Balaban J connectivity index is 1.89. The molecule has 6 heteroatoms. The Hall–Kier alpha value is -2.37. The largest absolute Gasteiger partial charge is 0.491 e. The van der Waals surface area contributed by atoms with E-state index in [2.05, 4.69) is 5.32 Å². The lowest BCUT2D eigenvalue weighted by Gasteiger charge is -2.14. The van der Waals surface area contributed by atoms with Crippen LogP contribution in [-0.4, -0.2) is 35.8 Å². The van der Waals surface area contributed by atoms with Gasteiger partial charge < -0.3 is 10.1 Å². The van der Waals surface area contributed by atoms with Crippen molar-refractivity contribution in [1.82, 2.24) is 4.90 Å². The summed E-state index contributed by atoms with van der Waals surface area (Å²) in [7, 11) is 0. The fourth-order valence-corrected chi connectivity index (χ4v) is 2.21. The Labute approximate surface area is 129 Å². The van der Waals surface area contributed by atoms with E-state index < -0.39 is 0 Å². The second kappa shape index (κ2) is 7.59. The lowest BCUT2D eigenvalue weighted by Crippen LogP contribution is -2.32. The van der Waals surface area contributed by atoms with Crippen LogP contribution in [-0.2, 0) is 14.4 Å². The van der Waals surface area contributed by atoms with Gasteiger partial charge in [0, 0.05) is 25.8 Å². The van der Waals surface area contributed by atoms with Gasteiger partial charge in [-0.25, -0.2) is 0 Å². The van der Waals surface area contributed by atoms with Gasteiger partial charge in [-0.3, -0.25) is 19.3 Å². The number of likely N-dealkylation sites (tertiary alicyclic amines) is 1. The first kappa shape index (κ1) is 16.0. The minimum absolute atomic E-state index is 0.0829. The number of anilines is 1. The zero-order valence-corrected chi connectivity index (χ0v) is 12.6. The molecule has 0 aliphatic carbocycles. The van der Waals surface area contributed by atoms with E-state index in [0.717, 1.165) is 11.3 Å². The molecule has 1 aliphatic heterocycles. The number of imide groups is 1. The molecule has 1 aromatic carbocycles. The topological polar surface area (TPSA) is 75.7 Å². The van der Waals surface area contributed by atoms with Crippen molar-refractivity contribution >= 4 is 23.4 Å². The number of hydrogen-bond donors (Lipinski definition) is 1. The number of benzene rings is 1. The Bertz CT molecular complexity index is 555. The van der Waals surface area contributed by atoms with E-state index in [1.54, 1.807) is 12.1 Å². The van der Waals surface area contributed by atoms with Gasteiger partial charge in [-0.1, -0.05) is 19.1 Å². The third kappa shape index (κ3) is 4.07. The van der Waals surface area contributed by atoms with Crippen molar-refractivity contribution in [1.29, 1.82) is 0 Å². The first-order valence-electron chi connectivity index (χ1n) is 7.46. The molecule has 0 unspecified atom stereocenters. The predicted octanol–water partition coefficient (Wildman–Crippen LogP) is 1.95. The molecule has 0 spiro atoms. The van der Waals surface area contributed by atoms with Crippen LogP contribution >= 0.6 is 0 Å². The molecule has 0 saturated carbocycles. The molecule has 0 bridgehead atoms. The van der Waals surface area contributed by atoms with Gasteiger partial charge in [-0.2, -0.15) is 0 Å². The SMILES string of the molecule is CCCOc1ccccc1NC(=O)CCN1C(=O)CCC1=O. The second-order valence-electron chi connectivity index (χ2n) is 5.08.